The third-order valence-corrected chi connectivity index (χ3v) is 4.98. The molecule has 33 heavy (non-hydrogen) atoms. The number of carbonyl (C=O) groups excluding carboxylic acids is 2. The number of esters is 1. The van der Waals surface area contributed by atoms with Gasteiger partial charge < -0.3 is 19.3 Å². The molecule has 2 heterocycles. The SMILES string of the molecule is COc1ccccc1CNC(=O)COC(=O)c1cc(-c2ccc(F)cc2)nc2onc(C)c12. The third kappa shape index (κ3) is 4.82. The van der Waals surface area contributed by atoms with Gasteiger partial charge in [0.25, 0.3) is 11.6 Å². The van der Waals surface area contributed by atoms with Crippen LogP contribution in [0.4, 0.5) is 4.39 Å². The fourth-order valence-electron chi connectivity index (χ4n) is 3.33. The Labute approximate surface area is 188 Å². The van der Waals surface area contributed by atoms with E-state index in [0.29, 0.717) is 28.1 Å². The molecule has 0 bridgehead atoms. The molecule has 9 heteroatoms. The van der Waals surface area contributed by atoms with Crippen LogP contribution in [-0.4, -0.2) is 35.7 Å². The molecule has 0 spiro atoms. The summed E-state index contributed by atoms with van der Waals surface area (Å²) < 4.78 is 29.0. The fourth-order valence-corrected chi connectivity index (χ4v) is 3.33. The van der Waals surface area contributed by atoms with Gasteiger partial charge in [0.2, 0.25) is 0 Å². The van der Waals surface area contributed by atoms with Gasteiger partial charge in [-0.2, -0.15) is 0 Å². The molecule has 1 N–H and O–H groups in total. The maximum absolute atomic E-state index is 13.3. The van der Waals surface area contributed by atoms with Gasteiger partial charge in [-0.1, -0.05) is 23.4 Å². The summed E-state index contributed by atoms with van der Waals surface area (Å²) in [7, 11) is 1.55. The third-order valence-electron chi connectivity index (χ3n) is 4.98. The van der Waals surface area contributed by atoms with Crippen LogP contribution >= 0.6 is 0 Å². The largest absolute Gasteiger partial charge is 0.496 e. The predicted octanol–water partition coefficient (Wildman–Crippen LogP) is 3.82. The average Bonchev–Trinajstić information content (AvgIpc) is 3.21. The number of rotatable bonds is 7. The molecule has 4 aromatic rings. The topological polar surface area (TPSA) is 104 Å². The number of para-hydroxylation sites is 1. The lowest BCUT2D eigenvalue weighted by Crippen LogP contribution is -2.28. The van der Waals surface area contributed by atoms with Crippen LogP contribution in [0.2, 0.25) is 0 Å². The van der Waals surface area contributed by atoms with Crippen LogP contribution in [0.1, 0.15) is 21.6 Å². The monoisotopic (exact) mass is 449 g/mol. The molecule has 2 aromatic carbocycles. The zero-order valence-corrected chi connectivity index (χ0v) is 17.9. The number of methoxy groups -OCH3 is 1. The van der Waals surface area contributed by atoms with Crippen molar-refractivity contribution >= 4 is 23.0 Å². The van der Waals surface area contributed by atoms with Crippen molar-refractivity contribution in [2.24, 2.45) is 0 Å². The van der Waals surface area contributed by atoms with E-state index in [1.165, 1.54) is 30.3 Å². The quantitative estimate of drug-likeness (QED) is 0.428. The van der Waals surface area contributed by atoms with Crippen LogP contribution < -0.4 is 10.1 Å². The molecule has 168 valence electrons. The Balaban J connectivity index is 1.49. The molecule has 1 amide bonds. The number of nitrogens with one attached hydrogen (secondary N) is 1. The number of aryl methyl sites for hydroxylation is 1. The normalized spacial score (nSPS) is 10.8. The van der Waals surface area contributed by atoms with Crippen molar-refractivity contribution in [3.63, 3.8) is 0 Å². The smallest absolute Gasteiger partial charge is 0.339 e. The minimum atomic E-state index is -0.732. The molecule has 8 nitrogen and oxygen atoms in total. The molecule has 0 aliphatic rings. The number of hydrogen-bond donors (Lipinski definition) is 1. The Morgan fingerprint density at radius 3 is 2.64 bits per heavy atom. The second kappa shape index (κ2) is 9.47. The highest BCUT2D eigenvalue weighted by Gasteiger charge is 2.21. The van der Waals surface area contributed by atoms with E-state index in [9.17, 15) is 14.0 Å². The number of aromatic nitrogens is 2. The number of hydrogen-bond acceptors (Lipinski definition) is 7. The minimum Gasteiger partial charge on any atom is -0.496 e. The van der Waals surface area contributed by atoms with Gasteiger partial charge in [-0.15, -0.1) is 0 Å². The first kappa shape index (κ1) is 21.9. The molecule has 0 aliphatic heterocycles. The number of ether oxygens (including phenoxy) is 2. The number of halogens is 1. The lowest BCUT2D eigenvalue weighted by atomic mass is 10.1. The molecule has 2 aromatic heterocycles. The first-order chi connectivity index (χ1) is 16.0. The summed E-state index contributed by atoms with van der Waals surface area (Å²) in [4.78, 5) is 29.5. The summed E-state index contributed by atoms with van der Waals surface area (Å²) in [5.74, 6) is -0.954. The van der Waals surface area contributed by atoms with E-state index in [1.54, 1.807) is 20.1 Å². The Hall–Kier alpha value is -4.27. The van der Waals surface area contributed by atoms with Crippen molar-refractivity contribution in [3.8, 4) is 17.0 Å². The van der Waals surface area contributed by atoms with E-state index in [2.05, 4.69) is 15.5 Å². The van der Waals surface area contributed by atoms with Gasteiger partial charge in [0.05, 0.1) is 29.4 Å². The Morgan fingerprint density at radius 1 is 1.12 bits per heavy atom. The molecular weight excluding hydrogens is 429 g/mol. The number of carbonyl (C=O) groups is 2. The number of nitrogens with zero attached hydrogens (tertiary/aromatic N) is 2. The number of pyridine rings is 1. The summed E-state index contributed by atoms with van der Waals surface area (Å²) in [6.07, 6.45) is 0. The van der Waals surface area contributed by atoms with Crippen molar-refractivity contribution in [3.05, 3.63) is 77.2 Å². The van der Waals surface area contributed by atoms with Gasteiger partial charge in [0, 0.05) is 17.7 Å². The van der Waals surface area contributed by atoms with Crippen LogP contribution in [0.5, 0.6) is 5.75 Å². The Morgan fingerprint density at radius 2 is 1.88 bits per heavy atom. The summed E-state index contributed by atoms with van der Waals surface area (Å²) >= 11 is 0. The number of amides is 1. The highest BCUT2D eigenvalue weighted by molar-refractivity contribution is 6.04. The zero-order chi connectivity index (χ0) is 23.4. The van der Waals surface area contributed by atoms with Gasteiger partial charge >= 0.3 is 5.97 Å². The lowest BCUT2D eigenvalue weighted by Gasteiger charge is -2.10. The molecule has 0 saturated carbocycles. The summed E-state index contributed by atoms with van der Waals surface area (Å²) in [6, 6.07) is 14.4. The van der Waals surface area contributed by atoms with Crippen molar-refractivity contribution in [1.29, 1.82) is 0 Å². The van der Waals surface area contributed by atoms with Crippen molar-refractivity contribution in [2.45, 2.75) is 13.5 Å². The first-order valence-corrected chi connectivity index (χ1v) is 10.0. The zero-order valence-electron chi connectivity index (χ0n) is 17.9. The van der Waals surface area contributed by atoms with Crippen LogP contribution in [0, 0.1) is 12.7 Å². The second-order valence-electron chi connectivity index (χ2n) is 7.17. The molecule has 0 unspecified atom stereocenters. The molecule has 0 atom stereocenters. The van der Waals surface area contributed by atoms with E-state index in [4.69, 9.17) is 14.0 Å². The van der Waals surface area contributed by atoms with Gasteiger partial charge in [0.1, 0.15) is 11.6 Å². The molecule has 0 saturated heterocycles. The maximum Gasteiger partial charge on any atom is 0.339 e. The highest BCUT2D eigenvalue weighted by atomic mass is 19.1. The first-order valence-electron chi connectivity index (χ1n) is 10.0. The fraction of sp³-hybridized carbons (Fsp3) is 0.167. The summed E-state index contributed by atoms with van der Waals surface area (Å²) in [5.41, 5.74) is 2.50. The highest BCUT2D eigenvalue weighted by Crippen LogP contribution is 2.27. The van der Waals surface area contributed by atoms with E-state index in [0.717, 1.165) is 5.56 Å². The number of fused-ring (bicyclic) bond motifs is 1. The van der Waals surface area contributed by atoms with Crippen LogP contribution in [0.25, 0.3) is 22.4 Å². The molecule has 4 rings (SSSR count). The van der Waals surface area contributed by atoms with Crippen molar-refractivity contribution in [2.75, 3.05) is 13.7 Å². The maximum atomic E-state index is 13.3. The minimum absolute atomic E-state index is 0.141. The van der Waals surface area contributed by atoms with E-state index < -0.39 is 24.3 Å². The Kier molecular flexibility index (Phi) is 6.30. The lowest BCUT2D eigenvalue weighted by molar-refractivity contribution is -0.124. The van der Waals surface area contributed by atoms with Crippen LogP contribution in [0.15, 0.2) is 59.1 Å². The molecular formula is C24H20FN3O5. The van der Waals surface area contributed by atoms with Gasteiger partial charge in [-0.3, -0.25) is 4.79 Å². The number of benzene rings is 2. The summed E-state index contributed by atoms with van der Waals surface area (Å²) in [6.45, 7) is 1.41. The van der Waals surface area contributed by atoms with Crippen LogP contribution in [-0.2, 0) is 16.1 Å². The van der Waals surface area contributed by atoms with Crippen molar-refractivity contribution < 1.29 is 28.0 Å². The van der Waals surface area contributed by atoms with Crippen molar-refractivity contribution in [1.82, 2.24) is 15.5 Å². The molecule has 0 radical (unpaired) electrons. The standard InChI is InChI=1S/C24H20FN3O5/c1-14-22-18(11-19(27-23(22)33-28-14)15-7-9-17(25)10-8-15)24(30)32-13-21(29)26-12-16-5-3-4-6-20(16)31-2/h3-11H,12-13H2,1-2H3,(H,26,29). The Bertz CT molecular complexity index is 1320. The van der Waals surface area contributed by atoms with Crippen LogP contribution in [0.3, 0.4) is 0 Å². The predicted molar refractivity (Wildman–Crippen MR) is 117 cm³/mol. The van der Waals surface area contributed by atoms with Gasteiger partial charge in [0.15, 0.2) is 6.61 Å². The average molecular weight is 449 g/mol. The van der Waals surface area contributed by atoms with E-state index in [1.807, 2.05) is 18.2 Å². The van der Waals surface area contributed by atoms with E-state index >= 15 is 0 Å². The van der Waals surface area contributed by atoms with Gasteiger partial charge in [-0.25, -0.2) is 14.2 Å². The molecule has 0 fully saturated rings. The van der Waals surface area contributed by atoms with Gasteiger partial charge in [-0.05, 0) is 43.3 Å². The molecule has 0 aliphatic carbocycles. The summed E-state index contributed by atoms with van der Waals surface area (Å²) in [5, 5.41) is 6.95. The second-order valence-corrected chi connectivity index (χ2v) is 7.17. The van der Waals surface area contributed by atoms with E-state index in [-0.39, 0.29) is 17.8 Å².